The number of rotatable bonds is 6. The van der Waals surface area contributed by atoms with E-state index in [0.29, 0.717) is 17.4 Å². The number of ether oxygens (including phenoxy) is 1. The van der Waals surface area contributed by atoms with Crippen LogP contribution < -0.4 is 15.6 Å². The second-order valence-corrected chi connectivity index (χ2v) is 6.77. The SMILES string of the molecule is O=C(COc1ccccc1-c1ccccc1)NNC(=O)CN1CSCC1=O. The van der Waals surface area contributed by atoms with Gasteiger partial charge in [0, 0.05) is 5.56 Å². The van der Waals surface area contributed by atoms with Gasteiger partial charge in [0.1, 0.15) is 12.3 Å². The van der Waals surface area contributed by atoms with Crippen LogP contribution >= 0.6 is 11.8 Å². The number of hydrogen-bond acceptors (Lipinski definition) is 5. The molecular formula is C19H19N3O4S. The summed E-state index contributed by atoms with van der Waals surface area (Å²) in [5.74, 6) is 0.415. The Kier molecular flexibility index (Phi) is 6.32. The number of nitrogens with one attached hydrogen (secondary N) is 2. The molecule has 0 radical (unpaired) electrons. The van der Waals surface area contributed by atoms with Crippen LogP contribution in [-0.4, -0.2) is 47.4 Å². The Balaban J connectivity index is 1.48. The molecule has 140 valence electrons. The van der Waals surface area contributed by atoms with Gasteiger partial charge in [-0.1, -0.05) is 48.5 Å². The Bertz CT molecular complexity index is 829. The van der Waals surface area contributed by atoms with Crippen LogP contribution in [0.25, 0.3) is 11.1 Å². The van der Waals surface area contributed by atoms with Gasteiger partial charge in [0.15, 0.2) is 6.61 Å². The second kappa shape index (κ2) is 9.09. The zero-order chi connectivity index (χ0) is 19.1. The molecule has 0 atom stereocenters. The van der Waals surface area contributed by atoms with Gasteiger partial charge in [-0.15, -0.1) is 11.8 Å². The van der Waals surface area contributed by atoms with Crippen LogP contribution in [0.4, 0.5) is 0 Å². The molecule has 1 saturated heterocycles. The summed E-state index contributed by atoms with van der Waals surface area (Å²) < 4.78 is 5.60. The third kappa shape index (κ3) is 5.24. The quantitative estimate of drug-likeness (QED) is 0.734. The third-order valence-electron chi connectivity index (χ3n) is 3.83. The fraction of sp³-hybridized carbons (Fsp3) is 0.211. The van der Waals surface area contributed by atoms with Crippen LogP contribution in [0.15, 0.2) is 54.6 Å². The van der Waals surface area contributed by atoms with E-state index in [2.05, 4.69) is 10.9 Å². The number of carbonyl (C=O) groups excluding carboxylic acids is 3. The van der Waals surface area contributed by atoms with Gasteiger partial charge < -0.3 is 9.64 Å². The third-order valence-corrected chi connectivity index (χ3v) is 4.78. The Labute approximate surface area is 161 Å². The summed E-state index contributed by atoms with van der Waals surface area (Å²) >= 11 is 1.45. The highest BCUT2D eigenvalue weighted by molar-refractivity contribution is 8.00. The smallest absolute Gasteiger partial charge is 0.276 e. The van der Waals surface area contributed by atoms with Crippen molar-refractivity contribution < 1.29 is 19.1 Å². The minimum absolute atomic E-state index is 0.0796. The number of amides is 3. The van der Waals surface area contributed by atoms with Crippen molar-refractivity contribution in [3.63, 3.8) is 0 Å². The summed E-state index contributed by atoms with van der Waals surface area (Å²) in [6.07, 6.45) is 0. The lowest BCUT2D eigenvalue weighted by Crippen LogP contribution is -2.48. The maximum absolute atomic E-state index is 11.9. The Morgan fingerprint density at radius 3 is 2.44 bits per heavy atom. The predicted molar refractivity (Wildman–Crippen MR) is 103 cm³/mol. The van der Waals surface area contributed by atoms with E-state index in [1.165, 1.54) is 16.7 Å². The zero-order valence-corrected chi connectivity index (χ0v) is 15.3. The van der Waals surface area contributed by atoms with E-state index in [4.69, 9.17) is 4.74 Å². The highest BCUT2D eigenvalue weighted by atomic mass is 32.2. The van der Waals surface area contributed by atoms with Gasteiger partial charge >= 0.3 is 0 Å². The number of nitrogens with zero attached hydrogens (tertiary/aromatic N) is 1. The molecule has 1 aliphatic heterocycles. The summed E-state index contributed by atoms with van der Waals surface area (Å²) in [5, 5.41) is 0. The molecule has 7 nitrogen and oxygen atoms in total. The van der Waals surface area contributed by atoms with E-state index in [-0.39, 0.29) is 19.1 Å². The molecule has 1 fully saturated rings. The summed E-state index contributed by atoms with van der Waals surface area (Å²) in [6, 6.07) is 17.1. The summed E-state index contributed by atoms with van der Waals surface area (Å²) in [5.41, 5.74) is 6.44. The lowest BCUT2D eigenvalue weighted by molar-refractivity contribution is -0.134. The summed E-state index contributed by atoms with van der Waals surface area (Å²) in [6.45, 7) is -0.327. The molecule has 3 rings (SSSR count). The van der Waals surface area contributed by atoms with Gasteiger partial charge in [-0.25, -0.2) is 0 Å². The Morgan fingerprint density at radius 2 is 1.70 bits per heavy atom. The number of benzene rings is 2. The molecule has 1 heterocycles. The first-order valence-corrected chi connectivity index (χ1v) is 9.49. The first-order chi connectivity index (χ1) is 13.1. The van der Waals surface area contributed by atoms with Crippen LogP contribution in [-0.2, 0) is 14.4 Å². The highest BCUT2D eigenvalue weighted by Crippen LogP contribution is 2.29. The van der Waals surface area contributed by atoms with Crippen LogP contribution in [0.2, 0.25) is 0 Å². The molecule has 8 heteroatoms. The van der Waals surface area contributed by atoms with Gasteiger partial charge in [0.2, 0.25) is 5.91 Å². The van der Waals surface area contributed by atoms with Crippen LogP contribution in [0, 0.1) is 0 Å². The first kappa shape index (κ1) is 18.8. The van der Waals surface area contributed by atoms with Crippen molar-refractivity contribution in [1.29, 1.82) is 0 Å². The summed E-state index contributed by atoms with van der Waals surface area (Å²) in [7, 11) is 0. The largest absolute Gasteiger partial charge is 0.483 e. The molecule has 2 aromatic carbocycles. The molecule has 0 bridgehead atoms. The van der Waals surface area contributed by atoms with Gasteiger partial charge in [-0.05, 0) is 11.6 Å². The van der Waals surface area contributed by atoms with Crippen LogP contribution in [0.1, 0.15) is 0 Å². The molecule has 0 spiro atoms. The van der Waals surface area contributed by atoms with E-state index >= 15 is 0 Å². The average Bonchev–Trinajstić information content (AvgIpc) is 3.10. The van der Waals surface area contributed by atoms with Gasteiger partial charge in [0.05, 0.1) is 11.6 Å². The van der Waals surface area contributed by atoms with Crippen molar-refractivity contribution in [2.24, 2.45) is 0 Å². The molecule has 3 amide bonds. The number of hydrogen-bond donors (Lipinski definition) is 2. The van der Waals surface area contributed by atoms with Gasteiger partial charge in [-0.2, -0.15) is 0 Å². The Morgan fingerprint density at radius 1 is 1.00 bits per heavy atom. The first-order valence-electron chi connectivity index (χ1n) is 8.34. The molecule has 0 aromatic heterocycles. The highest BCUT2D eigenvalue weighted by Gasteiger charge is 2.22. The maximum Gasteiger partial charge on any atom is 0.276 e. The Hall–Kier alpha value is -3.00. The van der Waals surface area contributed by atoms with Crippen molar-refractivity contribution in [2.45, 2.75) is 0 Å². The van der Waals surface area contributed by atoms with Gasteiger partial charge in [0.25, 0.3) is 11.8 Å². The number of carbonyl (C=O) groups is 3. The fourth-order valence-corrected chi connectivity index (χ4v) is 3.42. The topological polar surface area (TPSA) is 87.7 Å². The van der Waals surface area contributed by atoms with Crippen LogP contribution in [0.5, 0.6) is 5.75 Å². The minimum Gasteiger partial charge on any atom is -0.483 e. The van der Waals surface area contributed by atoms with E-state index in [0.717, 1.165) is 11.1 Å². The molecular weight excluding hydrogens is 366 g/mol. The number of thioether (sulfide) groups is 1. The number of hydrazine groups is 1. The van der Waals surface area contributed by atoms with Crippen molar-refractivity contribution in [3.05, 3.63) is 54.6 Å². The van der Waals surface area contributed by atoms with E-state index in [1.54, 1.807) is 6.07 Å². The van der Waals surface area contributed by atoms with Crippen molar-refractivity contribution in [3.8, 4) is 16.9 Å². The predicted octanol–water partition coefficient (Wildman–Crippen LogP) is 1.41. The molecule has 27 heavy (non-hydrogen) atoms. The molecule has 0 unspecified atom stereocenters. The zero-order valence-electron chi connectivity index (χ0n) is 14.5. The minimum atomic E-state index is -0.492. The molecule has 0 saturated carbocycles. The molecule has 1 aliphatic rings. The second-order valence-electron chi connectivity index (χ2n) is 5.82. The molecule has 2 aromatic rings. The molecule has 0 aliphatic carbocycles. The average molecular weight is 385 g/mol. The lowest BCUT2D eigenvalue weighted by Gasteiger charge is -2.15. The van der Waals surface area contributed by atoms with Crippen molar-refractivity contribution in [2.75, 3.05) is 24.8 Å². The van der Waals surface area contributed by atoms with E-state index < -0.39 is 11.8 Å². The van der Waals surface area contributed by atoms with E-state index in [1.807, 2.05) is 48.5 Å². The standard InChI is InChI=1S/C19H19N3O4S/c23-17(10-22-13-27-12-19(22)25)20-21-18(24)11-26-16-9-5-4-8-15(16)14-6-2-1-3-7-14/h1-9H,10-13H2,(H,20,23)(H,21,24). The normalized spacial score (nSPS) is 13.3. The lowest BCUT2D eigenvalue weighted by atomic mass is 10.1. The molecule has 2 N–H and O–H groups in total. The van der Waals surface area contributed by atoms with Gasteiger partial charge in [-0.3, -0.25) is 25.2 Å². The monoisotopic (exact) mass is 385 g/mol. The van der Waals surface area contributed by atoms with Crippen LogP contribution in [0.3, 0.4) is 0 Å². The van der Waals surface area contributed by atoms with E-state index in [9.17, 15) is 14.4 Å². The number of para-hydroxylation sites is 1. The fourth-order valence-electron chi connectivity index (χ4n) is 2.52. The van der Waals surface area contributed by atoms with Crippen molar-refractivity contribution >= 4 is 29.5 Å². The van der Waals surface area contributed by atoms with Crippen molar-refractivity contribution in [1.82, 2.24) is 15.8 Å². The maximum atomic E-state index is 11.9. The summed E-state index contributed by atoms with van der Waals surface area (Å²) in [4.78, 5) is 36.6.